The van der Waals surface area contributed by atoms with Gasteiger partial charge in [0.15, 0.2) is 0 Å². The van der Waals surface area contributed by atoms with E-state index in [1.165, 1.54) is 6.07 Å². The second kappa shape index (κ2) is 7.92. The molecule has 0 unspecified atom stereocenters. The molecular formula is C25H24FN3O2. The van der Waals surface area contributed by atoms with Crippen molar-refractivity contribution in [2.24, 2.45) is 5.73 Å². The van der Waals surface area contributed by atoms with Crippen LogP contribution in [0.5, 0.6) is 0 Å². The number of hydrogen-bond acceptors (Lipinski definition) is 2. The lowest BCUT2D eigenvalue weighted by Gasteiger charge is -2.27. The number of aromatic nitrogens is 1. The fourth-order valence-corrected chi connectivity index (χ4v) is 4.37. The van der Waals surface area contributed by atoms with Crippen LogP contribution in [0.25, 0.3) is 22.0 Å². The fraction of sp³-hybridized carbons (Fsp3) is 0.280. The maximum absolute atomic E-state index is 15.4. The van der Waals surface area contributed by atoms with E-state index in [0.717, 1.165) is 45.3 Å². The summed E-state index contributed by atoms with van der Waals surface area (Å²) >= 11 is 0. The molecule has 1 aliphatic rings. The number of carbonyl (C=O) groups is 2. The lowest BCUT2D eigenvalue weighted by Crippen LogP contribution is -2.35. The molecule has 6 heteroatoms. The number of fused-ring (bicyclic) bond motifs is 2. The summed E-state index contributed by atoms with van der Waals surface area (Å²) in [4.78, 5) is 28.7. The maximum atomic E-state index is 15.4. The Morgan fingerprint density at radius 3 is 2.71 bits per heavy atom. The Balaban J connectivity index is 1.86. The summed E-state index contributed by atoms with van der Waals surface area (Å²) in [6, 6.07) is 7.29. The molecule has 2 heterocycles. The summed E-state index contributed by atoms with van der Waals surface area (Å²) in [6.07, 6.45) is 0.706. The second-order valence-electron chi connectivity index (χ2n) is 8.00. The first-order chi connectivity index (χ1) is 14.8. The van der Waals surface area contributed by atoms with Crippen molar-refractivity contribution in [3.8, 4) is 23.0 Å². The minimum Gasteiger partial charge on any atom is -0.369 e. The summed E-state index contributed by atoms with van der Waals surface area (Å²) in [5, 5.41) is 0.759. The normalized spacial score (nSPS) is 13.0. The fourth-order valence-electron chi connectivity index (χ4n) is 4.37. The number of H-pyrrole nitrogens is 1. The molecule has 2 amide bonds. The van der Waals surface area contributed by atoms with E-state index in [2.05, 4.69) is 16.8 Å². The second-order valence-corrected chi connectivity index (χ2v) is 8.00. The molecule has 0 radical (unpaired) electrons. The SMILES string of the molecule is CC#CC(=O)N1CCc2ccc(-c3c(F)cc(CC(N)=O)c4[nH]c(C)c(C)c34)cc2C1. The molecule has 3 N–H and O–H groups in total. The van der Waals surface area contributed by atoms with E-state index in [1.807, 2.05) is 32.0 Å². The van der Waals surface area contributed by atoms with Gasteiger partial charge in [0.2, 0.25) is 5.91 Å². The molecule has 4 rings (SSSR count). The van der Waals surface area contributed by atoms with E-state index in [4.69, 9.17) is 5.73 Å². The van der Waals surface area contributed by atoms with Gasteiger partial charge in [0, 0.05) is 29.7 Å². The third-order valence-electron chi connectivity index (χ3n) is 6.00. The zero-order valence-corrected chi connectivity index (χ0v) is 17.9. The van der Waals surface area contributed by atoms with E-state index >= 15 is 4.39 Å². The highest BCUT2D eigenvalue weighted by molar-refractivity contribution is 6.01. The number of primary amides is 1. The molecule has 158 valence electrons. The third-order valence-corrected chi connectivity index (χ3v) is 6.00. The van der Waals surface area contributed by atoms with Crippen LogP contribution in [0.4, 0.5) is 4.39 Å². The molecule has 1 aliphatic heterocycles. The van der Waals surface area contributed by atoms with Gasteiger partial charge >= 0.3 is 0 Å². The molecule has 0 fully saturated rings. The van der Waals surface area contributed by atoms with Gasteiger partial charge in [-0.2, -0.15) is 0 Å². The highest BCUT2D eigenvalue weighted by Gasteiger charge is 2.23. The first-order valence-corrected chi connectivity index (χ1v) is 10.2. The van der Waals surface area contributed by atoms with E-state index in [9.17, 15) is 9.59 Å². The van der Waals surface area contributed by atoms with E-state index in [1.54, 1.807) is 11.8 Å². The van der Waals surface area contributed by atoms with Crippen molar-refractivity contribution < 1.29 is 14.0 Å². The van der Waals surface area contributed by atoms with E-state index in [-0.39, 0.29) is 12.3 Å². The Kier molecular flexibility index (Phi) is 5.28. The van der Waals surface area contributed by atoms with E-state index in [0.29, 0.717) is 24.2 Å². The molecule has 0 saturated carbocycles. The minimum atomic E-state index is -0.507. The first kappa shape index (κ1) is 20.7. The average molecular weight is 417 g/mol. The van der Waals surface area contributed by atoms with E-state index < -0.39 is 11.7 Å². The van der Waals surface area contributed by atoms with Gasteiger partial charge < -0.3 is 15.6 Å². The number of aromatic amines is 1. The highest BCUT2D eigenvalue weighted by Crippen LogP contribution is 2.38. The number of nitrogens with zero attached hydrogens (tertiary/aromatic N) is 1. The van der Waals surface area contributed by atoms with Gasteiger partial charge in [0.05, 0.1) is 11.9 Å². The molecule has 0 spiro atoms. The number of benzene rings is 2. The average Bonchev–Trinajstić information content (AvgIpc) is 3.02. The summed E-state index contributed by atoms with van der Waals surface area (Å²) in [5.74, 6) is 4.15. The monoisotopic (exact) mass is 417 g/mol. The molecule has 1 aromatic heterocycles. The van der Waals surface area contributed by atoms with Gasteiger partial charge in [-0.25, -0.2) is 4.39 Å². The highest BCUT2D eigenvalue weighted by atomic mass is 19.1. The predicted octanol–water partition coefficient (Wildman–Crippen LogP) is 3.53. The predicted molar refractivity (Wildman–Crippen MR) is 119 cm³/mol. The van der Waals surface area contributed by atoms with Gasteiger partial charge in [-0.15, -0.1) is 0 Å². The summed E-state index contributed by atoms with van der Waals surface area (Å²) in [6.45, 7) is 6.58. The molecule has 0 aliphatic carbocycles. The van der Waals surface area contributed by atoms with Crippen molar-refractivity contribution in [1.82, 2.24) is 9.88 Å². The van der Waals surface area contributed by atoms with Crippen molar-refractivity contribution in [1.29, 1.82) is 0 Å². The summed E-state index contributed by atoms with van der Waals surface area (Å²) in [7, 11) is 0. The molecule has 3 aromatic rings. The standard InChI is InChI=1S/C25H24FN3O2/c1-4-5-22(31)29-9-8-16-6-7-17(10-19(16)13-29)24-20(26)11-18(12-21(27)30)25-23(24)14(2)15(3)28-25/h6-7,10-11,28H,8-9,12-13H2,1-3H3,(H2,27,30). The molecule has 5 nitrogen and oxygen atoms in total. The van der Waals surface area contributed by atoms with Gasteiger partial charge in [-0.05, 0) is 73.1 Å². The number of rotatable bonds is 3. The van der Waals surface area contributed by atoms with Gasteiger partial charge in [-0.1, -0.05) is 18.1 Å². The Morgan fingerprint density at radius 1 is 1.23 bits per heavy atom. The maximum Gasteiger partial charge on any atom is 0.298 e. The zero-order valence-electron chi connectivity index (χ0n) is 17.9. The Labute approximate surface area is 180 Å². The van der Waals surface area contributed by atoms with Crippen LogP contribution in [0.15, 0.2) is 24.3 Å². The topological polar surface area (TPSA) is 79.2 Å². The van der Waals surface area contributed by atoms with Crippen LogP contribution in [-0.2, 0) is 29.0 Å². The molecule has 31 heavy (non-hydrogen) atoms. The van der Waals surface area contributed by atoms with Crippen LogP contribution in [0, 0.1) is 31.5 Å². The Hall–Kier alpha value is -3.59. The summed E-state index contributed by atoms with van der Waals surface area (Å²) < 4.78 is 15.4. The van der Waals surface area contributed by atoms with Crippen LogP contribution >= 0.6 is 0 Å². The number of nitrogens with two attached hydrogens (primary N) is 1. The third kappa shape index (κ3) is 3.68. The largest absolute Gasteiger partial charge is 0.369 e. The van der Waals surface area contributed by atoms with Crippen LogP contribution < -0.4 is 5.73 Å². The Morgan fingerprint density at radius 2 is 2.00 bits per heavy atom. The number of carbonyl (C=O) groups excluding carboxylic acids is 2. The number of halogens is 1. The van der Waals surface area contributed by atoms with Crippen molar-refractivity contribution >= 4 is 22.7 Å². The lowest BCUT2D eigenvalue weighted by atomic mass is 9.91. The van der Waals surface area contributed by atoms with Crippen molar-refractivity contribution in [2.45, 2.75) is 40.2 Å². The molecule has 0 saturated heterocycles. The lowest BCUT2D eigenvalue weighted by molar-refractivity contribution is -0.126. The van der Waals surface area contributed by atoms with Crippen molar-refractivity contribution in [3.05, 3.63) is 58.0 Å². The molecule has 0 bridgehead atoms. The van der Waals surface area contributed by atoms with Crippen LogP contribution in [0.1, 0.15) is 34.9 Å². The van der Waals surface area contributed by atoms with Gasteiger partial charge in [-0.3, -0.25) is 9.59 Å². The molecular weight excluding hydrogens is 393 g/mol. The van der Waals surface area contributed by atoms with Crippen LogP contribution in [-0.4, -0.2) is 28.2 Å². The van der Waals surface area contributed by atoms with Crippen LogP contribution in [0.3, 0.4) is 0 Å². The van der Waals surface area contributed by atoms with Crippen molar-refractivity contribution in [3.63, 3.8) is 0 Å². The quantitative estimate of drug-likeness (QED) is 0.640. The number of aryl methyl sites for hydroxylation is 2. The van der Waals surface area contributed by atoms with Gasteiger partial charge in [0.25, 0.3) is 5.91 Å². The van der Waals surface area contributed by atoms with Crippen molar-refractivity contribution in [2.75, 3.05) is 6.54 Å². The van der Waals surface area contributed by atoms with Gasteiger partial charge in [0.1, 0.15) is 5.82 Å². The number of amides is 2. The number of hydrogen-bond donors (Lipinski definition) is 2. The molecule has 2 aromatic carbocycles. The minimum absolute atomic E-state index is 0.0349. The van der Waals surface area contributed by atoms with Crippen LogP contribution in [0.2, 0.25) is 0 Å². The molecule has 0 atom stereocenters. The first-order valence-electron chi connectivity index (χ1n) is 10.2. The Bertz CT molecular complexity index is 1290. The summed E-state index contributed by atoms with van der Waals surface area (Å²) in [5.41, 5.74) is 11.9. The number of nitrogens with one attached hydrogen (secondary N) is 1. The zero-order chi connectivity index (χ0) is 22.3. The smallest absolute Gasteiger partial charge is 0.298 e.